The number of piperidine rings is 1. The van der Waals surface area contributed by atoms with Gasteiger partial charge in [0, 0.05) is 32.9 Å². The molecule has 8 heteroatoms. The third-order valence-corrected chi connectivity index (χ3v) is 6.45. The first kappa shape index (κ1) is 16.3. The summed E-state index contributed by atoms with van der Waals surface area (Å²) in [5.74, 6) is 1.01. The highest BCUT2D eigenvalue weighted by Crippen LogP contribution is 2.31. The van der Waals surface area contributed by atoms with Crippen molar-refractivity contribution in [1.82, 2.24) is 4.31 Å². The van der Waals surface area contributed by atoms with Gasteiger partial charge in [-0.15, -0.1) is 11.6 Å². The highest BCUT2D eigenvalue weighted by atomic mass is 79.9. The van der Waals surface area contributed by atoms with Crippen molar-refractivity contribution >= 4 is 37.6 Å². The maximum Gasteiger partial charge on any atom is 0.247 e. The van der Waals surface area contributed by atoms with Gasteiger partial charge in [-0.25, -0.2) is 8.42 Å². The summed E-state index contributed by atoms with van der Waals surface area (Å²) in [6, 6.07) is 1.48. The Morgan fingerprint density at radius 3 is 2.65 bits per heavy atom. The van der Waals surface area contributed by atoms with Crippen LogP contribution in [0.4, 0.5) is 0 Å². The Balaban J connectivity index is 2.13. The van der Waals surface area contributed by atoms with Gasteiger partial charge < -0.3 is 9.15 Å². The average Bonchev–Trinajstić information content (AvgIpc) is 2.82. The zero-order valence-corrected chi connectivity index (χ0v) is 14.3. The second-order valence-corrected chi connectivity index (χ2v) is 7.68. The van der Waals surface area contributed by atoms with E-state index in [0.717, 1.165) is 12.8 Å². The van der Waals surface area contributed by atoms with Crippen LogP contribution in [0.1, 0.15) is 18.6 Å². The summed E-state index contributed by atoms with van der Waals surface area (Å²) >= 11 is 8.81. The molecule has 0 atom stereocenters. The summed E-state index contributed by atoms with van der Waals surface area (Å²) < 4.78 is 37.2. The zero-order valence-electron chi connectivity index (χ0n) is 11.1. The van der Waals surface area contributed by atoms with Gasteiger partial charge in [-0.2, -0.15) is 4.31 Å². The standard InChI is InChI=1S/C12H17BrClNO4S/c1-18-8-9-2-4-15(5-3-9)20(16,17)11-6-10(7-14)19-12(11)13/h6,9H,2-5,7-8H2,1H3. The van der Waals surface area contributed by atoms with Crippen LogP contribution in [0.2, 0.25) is 0 Å². The quantitative estimate of drug-likeness (QED) is 0.730. The zero-order chi connectivity index (χ0) is 14.8. The number of furan rings is 1. The van der Waals surface area contributed by atoms with E-state index in [1.165, 1.54) is 10.4 Å². The largest absolute Gasteiger partial charge is 0.452 e. The van der Waals surface area contributed by atoms with Crippen molar-refractivity contribution in [2.45, 2.75) is 23.6 Å². The number of rotatable bonds is 5. The predicted octanol–water partition coefficient (Wildman–Crippen LogP) is 2.83. The molecule has 0 aliphatic carbocycles. The van der Waals surface area contributed by atoms with Crippen LogP contribution in [-0.2, 0) is 20.6 Å². The molecule has 0 aromatic carbocycles. The fourth-order valence-electron chi connectivity index (χ4n) is 2.33. The second kappa shape index (κ2) is 6.79. The van der Waals surface area contributed by atoms with E-state index in [1.807, 2.05) is 0 Å². The normalized spacial score (nSPS) is 18.6. The summed E-state index contributed by atoms with van der Waals surface area (Å²) in [5, 5.41) is 0. The lowest BCUT2D eigenvalue weighted by Gasteiger charge is -2.30. The van der Waals surface area contributed by atoms with Crippen molar-refractivity contribution in [1.29, 1.82) is 0 Å². The summed E-state index contributed by atoms with van der Waals surface area (Å²) in [6.07, 6.45) is 1.62. The van der Waals surface area contributed by atoms with E-state index in [2.05, 4.69) is 15.9 Å². The molecule has 20 heavy (non-hydrogen) atoms. The number of ether oxygens (including phenoxy) is 1. The molecular weight excluding hydrogens is 370 g/mol. The summed E-state index contributed by atoms with van der Waals surface area (Å²) in [6.45, 7) is 1.69. The second-order valence-electron chi connectivity index (χ2n) is 4.79. The number of hydrogen-bond donors (Lipinski definition) is 0. The van der Waals surface area contributed by atoms with E-state index in [-0.39, 0.29) is 15.4 Å². The first-order chi connectivity index (χ1) is 9.48. The van der Waals surface area contributed by atoms with Gasteiger partial charge in [0.1, 0.15) is 10.7 Å². The van der Waals surface area contributed by atoms with Crippen LogP contribution in [0.5, 0.6) is 0 Å². The van der Waals surface area contributed by atoms with Gasteiger partial charge in [0.25, 0.3) is 0 Å². The van der Waals surface area contributed by atoms with Gasteiger partial charge in [0.2, 0.25) is 10.0 Å². The smallest absolute Gasteiger partial charge is 0.247 e. The minimum Gasteiger partial charge on any atom is -0.452 e. The van der Waals surface area contributed by atoms with E-state index in [0.29, 0.717) is 31.4 Å². The Morgan fingerprint density at radius 2 is 2.15 bits per heavy atom. The SMILES string of the molecule is COCC1CCN(S(=O)(=O)c2cc(CCl)oc2Br)CC1. The van der Waals surface area contributed by atoms with Gasteiger partial charge in [0.05, 0.1) is 5.88 Å². The van der Waals surface area contributed by atoms with Crippen LogP contribution in [0.25, 0.3) is 0 Å². The number of sulfonamides is 1. The fraction of sp³-hybridized carbons (Fsp3) is 0.667. The van der Waals surface area contributed by atoms with Gasteiger partial charge in [-0.3, -0.25) is 0 Å². The molecule has 1 aliphatic rings. The molecule has 0 bridgehead atoms. The van der Waals surface area contributed by atoms with Crippen LogP contribution < -0.4 is 0 Å². The first-order valence-electron chi connectivity index (χ1n) is 6.32. The topological polar surface area (TPSA) is 59.8 Å². The molecule has 1 aromatic heterocycles. The third kappa shape index (κ3) is 3.39. The predicted molar refractivity (Wildman–Crippen MR) is 79.3 cm³/mol. The van der Waals surface area contributed by atoms with Gasteiger partial charge in [0.15, 0.2) is 4.67 Å². The molecule has 0 amide bonds. The van der Waals surface area contributed by atoms with Crippen molar-refractivity contribution in [2.24, 2.45) is 5.92 Å². The Bertz CT molecular complexity index is 552. The molecule has 0 radical (unpaired) electrons. The van der Waals surface area contributed by atoms with Crippen molar-refractivity contribution in [3.05, 3.63) is 16.5 Å². The average molecular weight is 387 g/mol. The highest BCUT2D eigenvalue weighted by molar-refractivity contribution is 9.10. The number of halogens is 2. The molecule has 0 spiro atoms. The van der Waals surface area contributed by atoms with Crippen molar-refractivity contribution in [3.8, 4) is 0 Å². The Hall–Kier alpha value is -0.0800. The third-order valence-electron chi connectivity index (χ3n) is 3.43. The number of hydrogen-bond acceptors (Lipinski definition) is 4. The van der Waals surface area contributed by atoms with E-state index in [4.69, 9.17) is 20.8 Å². The molecule has 1 fully saturated rings. The molecule has 2 rings (SSSR count). The maximum absolute atomic E-state index is 12.6. The number of alkyl halides is 1. The molecule has 5 nitrogen and oxygen atoms in total. The Labute approximate surface area is 132 Å². The number of methoxy groups -OCH3 is 1. The molecule has 0 saturated carbocycles. The fourth-order valence-corrected chi connectivity index (χ4v) is 4.89. The van der Waals surface area contributed by atoms with Crippen LogP contribution in [0.15, 0.2) is 20.0 Å². The monoisotopic (exact) mass is 385 g/mol. The minimum absolute atomic E-state index is 0.143. The molecule has 1 saturated heterocycles. The van der Waals surface area contributed by atoms with Crippen LogP contribution >= 0.6 is 27.5 Å². The van der Waals surface area contributed by atoms with E-state index in [9.17, 15) is 8.42 Å². The summed E-state index contributed by atoms with van der Waals surface area (Å²) in [4.78, 5) is 0.151. The summed E-state index contributed by atoms with van der Waals surface area (Å²) in [7, 11) is -1.86. The van der Waals surface area contributed by atoms with Crippen molar-refractivity contribution < 1.29 is 17.6 Å². The molecule has 2 heterocycles. The lowest BCUT2D eigenvalue weighted by molar-refractivity contribution is 0.121. The molecule has 0 N–H and O–H groups in total. The van der Waals surface area contributed by atoms with Gasteiger partial charge in [-0.05, 0) is 34.7 Å². The molecule has 1 aliphatic heterocycles. The lowest BCUT2D eigenvalue weighted by atomic mass is 9.99. The summed E-state index contributed by atoms with van der Waals surface area (Å²) in [5.41, 5.74) is 0. The molecule has 114 valence electrons. The highest BCUT2D eigenvalue weighted by Gasteiger charge is 2.32. The van der Waals surface area contributed by atoms with Gasteiger partial charge in [-0.1, -0.05) is 0 Å². The van der Waals surface area contributed by atoms with Crippen molar-refractivity contribution in [2.75, 3.05) is 26.8 Å². The van der Waals surface area contributed by atoms with E-state index >= 15 is 0 Å². The van der Waals surface area contributed by atoms with Crippen LogP contribution in [0.3, 0.4) is 0 Å². The van der Waals surface area contributed by atoms with Crippen LogP contribution in [-0.4, -0.2) is 39.5 Å². The van der Waals surface area contributed by atoms with E-state index < -0.39 is 10.0 Å². The molecule has 1 aromatic rings. The van der Waals surface area contributed by atoms with Crippen molar-refractivity contribution in [3.63, 3.8) is 0 Å². The van der Waals surface area contributed by atoms with Crippen LogP contribution in [0, 0.1) is 5.92 Å². The van der Waals surface area contributed by atoms with Gasteiger partial charge >= 0.3 is 0 Å². The minimum atomic E-state index is -3.53. The lowest BCUT2D eigenvalue weighted by Crippen LogP contribution is -2.39. The Kier molecular flexibility index (Phi) is 5.53. The molecule has 0 unspecified atom stereocenters. The molecular formula is C12H17BrClNO4S. The maximum atomic E-state index is 12.6. The number of nitrogens with zero attached hydrogens (tertiary/aromatic N) is 1. The first-order valence-corrected chi connectivity index (χ1v) is 9.09. The van der Waals surface area contributed by atoms with E-state index in [1.54, 1.807) is 7.11 Å². The Morgan fingerprint density at radius 1 is 1.50 bits per heavy atom.